The molecule has 0 aromatic rings. The second-order valence-corrected chi connectivity index (χ2v) is 9.04. The average Bonchev–Trinajstić information content (AvgIpc) is 2.18. The third-order valence-corrected chi connectivity index (χ3v) is 7.02. The zero-order valence-corrected chi connectivity index (χ0v) is 12.6. The maximum Gasteiger partial charge on any atom is 0.502 e. The molecule has 0 unspecified atom stereocenters. The summed E-state index contributed by atoms with van der Waals surface area (Å²) in [5.41, 5.74) is 0. The molecule has 0 amide bonds. The topological polar surface area (TPSA) is 27.7 Å². The highest BCUT2D eigenvalue weighted by atomic mass is 28.4. The Hall–Kier alpha value is -0.0994. The summed E-state index contributed by atoms with van der Waals surface area (Å²) in [6.45, 7) is 0.331. The largest absolute Gasteiger partial charge is 0.502 e. The Bertz CT molecular complexity index is 303. The van der Waals surface area contributed by atoms with Gasteiger partial charge >= 0.3 is 45.0 Å². The predicted molar refractivity (Wildman–Crippen MR) is 50.5 cm³/mol. The van der Waals surface area contributed by atoms with Gasteiger partial charge in [-0.15, -0.1) is 0 Å². The van der Waals surface area contributed by atoms with Crippen LogP contribution in [0.5, 0.6) is 0 Å². The minimum atomic E-state index is -5.46. The highest BCUT2D eigenvalue weighted by Crippen LogP contribution is 2.29. The van der Waals surface area contributed by atoms with E-state index >= 15 is 0 Å². The molecule has 0 aliphatic rings. The van der Waals surface area contributed by atoms with E-state index in [4.69, 9.17) is 0 Å². The molecule has 0 aliphatic heterocycles. The molecule has 0 spiro atoms. The first-order chi connectivity index (χ1) is 8.69. The van der Waals surface area contributed by atoms with Gasteiger partial charge in [-0.05, 0) is 6.55 Å². The summed E-state index contributed by atoms with van der Waals surface area (Å²) >= 11 is 0. The fraction of sp³-hybridized carbons (Fsp3) is 1.00. The summed E-state index contributed by atoms with van der Waals surface area (Å²) in [5, 5.41) is 0. The lowest BCUT2D eigenvalue weighted by Gasteiger charge is -2.25. The molecule has 0 heterocycles. The van der Waals surface area contributed by atoms with Gasteiger partial charge in [-0.25, -0.2) is 0 Å². The highest BCUT2D eigenvalue weighted by Gasteiger charge is 2.58. The third-order valence-electron chi connectivity index (χ3n) is 1.48. The Kier molecular flexibility index (Phi) is 6.74. The third kappa shape index (κ3) is 6.57. The minimum Gasteiger partial charge on any atom is -0.423 e. The van der Waals surface area contributed by atoms with Crippen molar-refractivity contribution >= 4 is 27.6 Å². The summed E-state index contributed by atoms with van der Waals surface area (Å²) in [7, 11) is -12.8. The number of halogens is 9. The van der Waals surface area contributed by atoms with Crippen LogP contribution in [0.25, 0.3) is 0 Å². The van der Waals surface area contributed by atoms with Crippen molar-refractivity contribution in [3.05, 3.63) is 0 Å². The lowest BCUT2D eigenvalue weighted by atomic mass is 11.5. The number of rotatable bonds is 5. The van der Waals surface area contributed by atoms with E-state index in [1.54, 1.807) is 0 Å². The van der Waals surface area contributed by atoms with Gasteiger partial charge in [0.25, 0.3) is 0 Å². The van der Waals surface area contributed by atoms with Gasteiger partial charge in [0.2, 0.25) is 0 Å². The normalized spacial score (nSPS) is 14.7. The van der Waals surface area contributed by atoms with Crippen LogP contribution < -0.4 is 0 Å². The summed E-state index contributed by atoms with van der Waals surface area (Å²) in [5.74, 6) is -15.8. The lowest BCUT2D eigenvalue weighted by Crippen LogP contribution is -2.54. The maximum absolute atomic E-state index is 12.4. The number of alkyl halides is 9. The van der Waals surface area contributed by atoms with E-state index in [0.29, 0.717) is 13.7 Å². The Morgan fingerprint density at radius 2 is 1.05 bits per heavy atom. The van der Waals surface area contributed by atoms with Crippen molar-refractivity contribution in [2.75, 3.05) is 7.11 Å². The molecule has 0 saturated carbocycles. The summed E-state index contributed by atoms with van der Waals surface area (Å²) in [6, 6.07) is 0. The van der Waals surface area contributed by atoms with Crippen LogP contribution in [0.15, 0.2) is 0 Å². The summed E-state index contributed by atoms with van der Waals surface area (Å²) in [6.07, 6.45) is 0. The van der Waals surface area contributed by atoms with Crippen molar-refractivity contribution in [2.45, 2.75) is 23.9 Å². The van der Waals surface area contributed by atoms with Gasteiger partial charge < -0.3 is 12.7 Å². The molecule has 0 fully saturated rings. The van der Waals surface area contributed by atoms with Crippen LogP contribution in [0.4, 0.5) is 39.5 Å². The molecule has 15 heteroatoms. The molecule has 3 radical (unpaired) electrons. The molecule has 0 bridgehead atoms. The molecule has 20 heavy (non-hydrogen) atoms. The van der Waals surface area contributed by atoms with E-state index in [1.165, 1.54) is 0 Å². The van der Waals surface area contributed by atoms with Crippen molar-refractivity contribution in [3.63, 3.8) is 0 Å². The molecule has 0 aromatic carbocycles. The smallest absolute Gasteiger partial charge is 0.423 e. The summed E-state index contributed by atoms with van der Waals surface area (Å²) < 4.78 is 121. The van der Waals surface area contributed by atoms with E-state index in [1.807, 2.05) is 0 Å². The van der Waals surface area contributed by atoms with Gasteiger partial charge in [0.15, 0.2) is 0 Å². The Morgan fingerprint density at radius 3 is 1.30 bits per heavy atom. The van der Waals surface area contributed by atoms with Crippen molar-refractivity contribution in [2.24, 2.45) is 0 Å². The maximum atomic E-state index is 12.4. The molecular formula is C5H6F9O3Si3. The van der Waals surface area contributed by atoms with Gasteiger partial charge in [-0.3, -0.25) is 0 Å². The zero-order valence-electron chi connectivity index (χ0n) is 9.63. The Labute approximate surface area is 112 Å². The predicted octanol–water partition coefficient (Wildman–Crippen LogP) is 2.57. The van der Waals surface area contributed by atoms with Crippen molar-refractivity contribution in [1.82, 2.24) is 0 Å². The van der Waals surface area contributed by atoms with Crippen molar-refractivity contribution in [3.8, 4) is 0 Å². The van der Waals surface area contributed by atoms with Crippen LogP contribution in [-0.2, 0) is 12.7 Å². The first-order valence-electron chi connectivity index (χ1n) is 4.38. The van der Waals surface area contributed by atoms with E-state index in [-0.39, 0.29) is 0 Å². The molecule has 119 valence electrons. The van der Waals surface area contributed by atoms with Gasteiger partial charge in [0.1, 0.15) is 0 Å². The van der Waals surface area contributed by atoms with Crippen LogP contribution in [-0.4, -0.2) is 52.1 Å². The van der Waals surface area contributed by atoms with Crippen LogP contribution in [0, 0.1) is 0 Å². The fourth-order valence-corrected chi connectivity index (χ4v) is 5.38. The molecule has 0 rings (SSSR count). The van der Waals surface area contributed by atoms with E-state index in [2.05, 4.69) is 12.7 Å². The van der Waals surface area contributed by atoms with E-state index < -0.39 is 45.0 Å². The van der Waals surface area contributed by atoms with E-state index in [0.717, 1.165) is 0 Å². The second kappa shape index (κ2) is 6.77. The first kappa shape index (κ1) is 19.9. The monoisotopic (exact) mass is 369 g/mol. The highest BCUT2D eigenvalue weighted by molar-refractivity contribution is 6.69. The number of hydrogen-bond acceptors (Lipinski definition) is 3. The lowest BCUT2D eigenvalue weighted by molar-refractivity contribution is -0.0958. The standard InChI is InChI=1S/C5H6F9O3Si3/c1-15-19(4(9,10)11)17-20(5(12,13)14)16-18(2)3(6,7)8/h1-2H3. The Balaban J connectivity index is 5.01. The van der Waals surface area contributed by atoms with Crippen LogP contribution in [0.2, 0.25) is 6.55 Å². The van der Waals surface area contributed by atoms with Gasteiger partial charge in [0.05, 0.1) is 0 Å². The second-order valence-electron chi connectivity index (χ2n) is 3.03. The zero-order chi connectivity index (χ0) is 16.4. The molecule has 0 N–H and O–H groups in total. The molecular weight excluding hydrogens is 363 g/mol. The minimum absolute atomic E-state index is 0.331. The first-order valence-corrected chi connectivity index (χ1v) is 8.92. The molecule has 0 aliphatic carbocycles. The van der Waals surface area contributed by atoms with Crippen LogP contribution >= 0.6 is 0 Å². The van der Waals surface area contributed by atoms with E-state index in [9.17, 15) is 39.5 Å². The van der Waals surface area contributed by atoms with Gasteiger partial charge in [-0.2, -0.15) is 39.5 Å². The molecule has 0 aromatic heterocycles. The molecule has 3 nitrogen and oxygen atoms in total. The SMILES string of the molecule is CO[Si](O[Si](O[Si](C)C(F)(F)F)C(F)(F)F)C(F)(F)F. The van der Waals surface area contributed by atoms with Crippen molar-refractivity contribution in [1.29, 1.82) is 0 Å². The quantitative estimate of drug-likeness (QED) is 0.551. The molecule has 0 saturated heterocycles. The number of hydrogen-bond donors (Lipinski definition) is 0. The molecule has 0 atom stereocenters. The van der Waals surface area contributed by atoms with Crippen LogP contribution in [0.3, 0.4) is 0 Å². The van der Waals surface area contributed by atoms with Crippen molar-refractivity contribution < 1.29 is 52.2 Å². The Morgan fingerprint density at radius 1 is 0.650 bits per heavy atom. The van der Waals surface area contributed by atoms with Crippen LogP contribution in [0.1, 0.15) is 0 Å². The summed E-state index contributed by atoms with van der Waals surface area (Å²) in [4.78, 5) is 0. The van der Waals surface area contributed by atoms with Gasteiger partial charge in [-0.1, -0.05) is 0 Å². The van der Waals surface area contributed by atoms with Gasteiger partial charge in [0, 0.05) is 7.11 Å². The fourth-order valence-electron chi connectivity index (χ4n) is 0.633. The average molecular weight is 369 g/mol.